The second-order valence-electron chi connectivity index (χ2n) is 9.08. The molecule has 10 heteroatoms. The van der Waals surface area contributed by atoms with E-state index in [0.29, 0.717) is 24.3 Å². The van der Waals surface area contributed by atoms with Gasteiger partial charge in [-0.15, -0.1) is 0 Å². The molecule has 7 nitrogen and oxygen atoms in total. The van der Waals surface area contributed by atoms with Crippen LogP contribution >= 0.6 is 0 Å². The normalized spacial score (nSPS) is 18.4. The van der Waals surface area contributed by atoms with Crippen LogP contribution in [0.25, 0.3) is 0 Å². The fraction of sp³-hybridized carbons (Fsp3) is 0.542. The zero-order valence-corrected chi connectivity index (χ0v) is 19.4. The number of anilines is 3. The number of hydrogen-bond acceptors (Lipinski definition) is 6. The molecule has 0 bridgehead atoms. The Morgan fingerprint density at radius 1 is 1.00 bits per heavy atom. The third kappa shape index (κ3) is 6.16. The van der Waals surface area contributed by atoms with E-state index in [1.54, 1.807) is 24.3 Å². The maximum Gasteiger partial charge on any atom is 0.421 e. The van der Waals surface area contributed by atoms with Gasteiger partial charge in [0.05, 0.1) is 0 Å². The van der Waals surface area contributed by atoms with Crippen molar-refractivity contribution in [1.29, 1.82) is 0 Å². The van der Waals surface area contributed by atoms with Crippen LogP contribution in [0, 0.1) is 0 Å². The molecule has 184 valence electrons. The van der Waals surface area contributed by atoms with E-state index in [2.05, 4.69) is 25.5 Å². The second kappa shape index (κ2) is 10.6. The molecule has 34 heavy (non-hydrogen) atoms. The highest BCUT2D eigenvalue weighted by molar-refractivity contribution is 5.94. The lowest BCUT2D eigenvalue weighted by Gasteiger charge is -2.32. The Balaban J connectivity index is 1.47. The molecule has 1 saturated carbocycles. The molecule has 1 aliphatic carbocycles. The summed E-state index contributed by atoms with van der Waals surface area (Å²) >= 11 is 0. The molecule has 0 spiro atoms. The number of aromatic nitrogens is 2. The van der Waals surface area contributed by atoms with Crippen LogP contribution in [-0.2, 0) is 6.18 Å². The lowest BCUT2D eigenvalue weighted by molar-refractivity contribution is -0.137. The molecular formula is C24H31F3N6O. The summed E-state index contributed by atoms with van der Waals surface area (Å²) in [5, 5.41) is 5.98. The van der Waals surface area contributed by atoms with Gasteiger partial charge in [-0.25, -0.2) is 4.98 Å². The van der Waals surface area contributed by atoms with Gasteiger partial charge < -0.3 is 20.4 Å². The number of benzene rings is 1. The van der Waals surface area contributed by atoms with E-state index in [9.17, 15) is 18.0 Å². The summed E-state index contributed by atoms with van der Waals surface area (Å²) in [5.74, 6) is -0.152. The van der Waals surface area contributed by atoms with Crippen LogP contribution in [0.15, 0.2) is 30.5 Å². The van der Waals surface area contributed by atoms with E-state index >= 15 is 0 Å². The zero-order valence-electron chi connectivity index (χ0n) is 19.4. The van der Waals surface area contributed by atoms with Crippen LogP contribution in [0.1, 0.15) is 54.4 Å². The molecule has 0 atom stereocenters. The fourth-order valence-electron chi connectivity index (χ4n) is 4.39. The van der Waals surface area contributed by atoms with Gasteiger partial charge in [-0.2, -0.15) is 18.2 Å². The Morgan fingerprint density at radius 2 is 1.65 bits per heavy atom. The van der Waals surface area contributed by atoms with Crippen LogP contribution in [-0.4, -0.2) is 64.9 Å². The number of likely N-dealkylation sites (N-methyl/N-ethyl adjacent to an activating group) is 1. The second-order valence-corrected chi connectivity index (χ2v) is 9.08. The Bertz CT molecular complexity index is 966. The first-order chi connectivity index (χ1) is 16.3. The number of carbonyl (C=O) groups excluding carboxylic acids is 1. The van der Waals surface area contributed by atoms with Gasteiger partial charge in [0.25, 0.3) is 5.91 Å². The van der Waals surface area contributed by atoms with Gasteiger partial charge in [0.1, 0.15) is 11.4 Å². The van der Waals surface area contributed by atoms with Crippen LogP contribution < -0.4 is 10.6 Å². The molecule has 2 N–H and O–H groups in total. The summed E-state index contributed by atoms with van der Waals surface area (Å²) in [6.45, 7) is 3.05. The summed E-state index contributed by atoms with van der Waals surface area (Å²) in [6, 6.07) is 6.80. The summed E-state index contributed by atoms with van der Waals surface area (Å²) in [4.78, 5) is 24.8. The van der Waals surface area contributed by atoms with Crippen molar-refractivity contribution >= 4 is 23.4 Å². The molecule has 2 aromatic rings. The number of nitrogens with one attached hydrogen (secondary N) is 2. The molecule has 2 aliphatic rings. The topological polar surface area (TPSA) is 73.4 Å². The van der Waals surface area contributed by atoms with E-state index in [-0.39, 0.29) is 23.7 Å². The van der Waals surface area contributed by atoms with Crippen LogP contribution in [0.5, 0.6) is 0 Å². The summed E-state index contributed by atoms with van der Waals surface area (Å²) in [6.07, 6.45) is 2.13. The van der Waals surface area contributed by atoms with E-state index in [4.69, 9.17) is 0 Å². The van der Waals surface area contributed by atoms with Crippen molar-refractivity contribution in [2.75, 3.05) is 43.9 Å². The highest BCUT2D eigenvalue weighted by Crippen LogP contribution is 2.35. The molecule has 2 fully saturated rings. The summed E-state index contributed by atoms with van der Waals surface area (Å²) in [7, 11) is 2.03. The maximum atomic E-state index is 13.6. The van der Waals surface area contributed by atoms with Crippen molar-refractivity contribution in [2.24, 2.45) is 0 Å². The lowest BCUT2D eigenvalue weighted by atomic mass is 10.1. The number of alkyl halides is 3. The molecule has 1 saturated heterocycles. The largest absolute Gasteiger partial charge is 0.421 e. The number of carbonyl (C=O) groups is 1. The van der Waals surface area contributed by atoms with Crippen LogP contribution in [0.4, 0.5) is 30.6 Å². The molecule has 1 aliphatic heterocycles. The number of piperazine rings is 1. The van der Waals surface area contributed by atoms with Crippen molar-refractivity contribution in [3.63, 3.8) is 0 Å². The van der Waals surface area contributed by atoms with E-state index in [0.717, 1.165) is 57.8 Å². The molecule has 0 unspecified atom stereocenters. The van der Waals surface area contributed by atoms with Gasteiger partial charge in [-0.05, 0) is 44.2 Å². The van der Waals surface area contributed by atoms with Crippen LogP contribution in [0.2, 0.25) is 0 Å². The third-order valence-electron chi connectivity index (χ3n) is 6.47. The minimum atomic E-state index is -4.54. The number of halogens is 3. The maximum absolute atomic E-state index is 13.6. The van der Waals surface area contributed by atoms with Crippen molar-refractivity contribution in [1.82, 2.24) is 19.8 Å². The molecule has 1 aromatic heterocycles. The predicted octanol–water partition coefficient (Wildman–Crippen LogP) is 4.76. The molecule has 1 amide bonds. The van der Waals surface area contributed by atoms with E-state index in [1.807, 2.05) is 11.9 Å². The Hall–Kier alpha value is -2.88. The van der Waals surface area contributed by atoms with Crippen molar-refractivity contribution in [2.45, 2.75) is 50.7 Å². The van der Waals surface area contributed by atoms with Crippen molar-refractivity contribution in [3.8, 4) is 0 Å². The lowest BCUT2D eigenvalue weighted by Crippen LogP contribution is -2.47. The van der Waals surface area contributed by atoms with Gasteiger partial charge in [0, 0.05) is 49.7 Å². The third-order valence-corrected chi connectivity index (χ3v) is 6.47. The molecule has 1 aromatic carbocycles. The van der Waals surface area contributed by atoms with Gasteiger partial charge in [-0.1, -0.05) is 25.7 Å². The first-order valence-corrected chi connectivity index (χ1v) is 11.9. The Kier molecular flexibility index (Phi) is 7.55. The number of nitrogens with zero attached hydrogens (tertiary/aromatic N) is 4. The number of hydrogen-bond donors (Lipinski definition) is 2. The highest BCUT2D eigenvalue weighted by Gasteiger charge is 2.36. The molecule has 4 rings (SSSR count). The Morgan fingerprint density at radius 3 is 2.26 bits per heavy atom. The minimum absolute atomic E-state index is 0.0275. The predicted molar refractivity (Wildman–Crippen MR) is 125 cm³/mol. The molecular weight excluding hydrogens is 445 g/mol. The van der Waals surface area contributed by atoms with Gasteiger partial charge in [0.2, 0.25) is 5.95 Å². The number of rotatable bonds is 5. The zero-order chi connectivity index (χ0) is 24.1. The van der Waals surface area contributed by atoms with Gasteiger partial charge in [-0.3, -0.25) is 4.79 Å². The van der Waals surface area contributed by atoms with Crippen LogP contribution in [0.3, 0.4) is 0 Å². The van der Waals surface area contributed by atoms with Gasteiger partial charge in [0.15, 0.2) is 0 Å². The number of amides is 1. The Labute approximate surface area is 197 Å². The smallest absolute Gasteiger partial charge is 0.367 e. The molecule has 0 radical (unpaired) electrons. The molecule has 2 heterocycles. The summed E-state index contributed by atoms with van der Waals surface area (Å²) in [5.41, 5.74) is 0.296. The first kappa shape index (κ1) is 24.3. The highest BCUT2D eigenvalue weighted by atomic mass is 19.4. The van der Waals surface area contributed by atoms with E-state index in [1.165, 1.54) is 0 Å². The van der Waals surface area contributed by atoms with Crippen molar-refractivity contribution < 1.29 is 18.0 Å². The SMILES string of the molecule is CN1CCN(C(=O)c2ccc(Nc3ncc(C(F)(F)F)c(NC4CCCCCC4)n3)cc2)CC1. The fourth-order valence-corrected chi connectivity index (χ4v) is 4.39. The summed E-state index contributed by atoms with van der Waals surface area (Å²) < 4.78 is 40.7. The monoisotopic (exact) mass is 476 g/mol. The standard InChI is InChI=1S/C24H31F3N6O/c1-32-12-14-33(15-13-32)22(34)17-8-10-19(11-9-17)30-23-28-16-20(24(25,26)27)21(31-23)29-18-6-4-2-3-5-7-18/h8-11,16,18H,2-7,12-15H2,1H3,(H2,28,29,30,31). The quantitative estimate of drug-likeness (QED) is 0.606. The first-order valence-electron chi connectivity index (χ1n) is 11.9. The average molecular weight is 477 g/mol. The van der Waals surface area contributed by atoms with Crippen molar-refractivity contribution in [3.05, 3.63) is 41.6 Å². The average Bonchev–Trinajstić information content (AvgIpc) is 3.08. The van der Waals surface area contributed by atoms with Gasteiger partial charge >= 0.3 is 6.18 Å². The van der Waals surface area contributed by atoms with E-state index < -0.39 is 11.7 Å². The minimum Gasteiger partial charge on any atom is -0.367 e.